The van der Waals surface area contributed by atoms with Crippen LogP contribution in [0.3, 0.4) is 0 Å². The number of carbonyl (C=O) groups excluding carboxylic acids is 1. The molecule has 0 aliphatic carbocycles. The number of nitrogens with zero attached hydrogens (tertiary/aromatic N) is 3. The molecule has 2 heterocycles. The highest BCUT2D eigenvalue weighted by Gasteiger charge is 2.30. The summed E-state index contributed by atoms with van der Waals surface area (Å²) in [7, 11) is 0. The van der Waals surface area contributed by atoms with E-state index in [0.717, 1.165) is 28.0 Å². The number of thiazole rings is 1. The Morgan fingerprint density at radius 1 is 1.10 bits per heavy atom. The van der Waals surface area contributed by atoms with Crippen LogP contribution in [0.25, 0.3) is 22.7 Å². The van der Waals surface area contributed by atoms with Gasteiger partial charge in [0.25, 0.3) is 5.56 Å². The molecule has 10 heteroatoms. The Morgan fingerprint density at radius 3 is 2.48 bits per heavy atom. The summed E-state index contributed by atoms with van der Waals surface area (Å²) >= 11 is 7.02. The molecule has 0 bridgehead atoms. The molecular weight excluding hydrogens is 451 g/mol. The average molecular weight is 462 g/mol. The fourth-order valence-corrected chi connectivity index (χ4v) is 3.63. The number of alkyl halides is 3. The first-order valence-corrected chi connectivity index (χ1v) is 10.0. The molecule has 4 rings (SSSR count). The molecule has 31 heavy (non-hydrogen) atoms. The number of rotatable bonds is 4. The fourth-order valence-electron chi connectivity index (χ4n) is 2.88. The highest BCUT2D eigenvalue weighted by atomic mass is 35.5. The van der Waals surface area contributed by atoms with E-state index in [0.29, 0.717) is 16.1 Å². The molecular formula is C21H11ClF3N3O2S. The molecule has 4 aromatic rings. The first kappa shape index (κ1) is 21.0. The number of carbonyl (C=O) groups is 1. The zero-order chi connectivity index (χ0) is 22.2. The molecule has 0 radical (unpaired) electrons. The second kappa shape index (κ2) is 8.09. The molecule has 0 aliphatic heterocycles. The van der Waals surface area contributed by atoms with Crippen LogP contribution in [-0.4, -0.2) is 20.3 Å². The predicted octanol–water partition coefficient (Wildman–Crippen LogP) is 5.41. The van der Waals surface area contributed by atoms with Crippen molar-refractivity contribution < 1.29 is 18.0 Å². The third-order valence-corrected chi connectivity index (χ3v) is 5.39. The molecule has 0 atom stereocenters. The van der Waals surface area contributed by atoms with Crippen molar-refractivity contribution in [2.24, 2.45) is 0 Å². The standard InChI is InChI=1S/C21H11ClF3N3O2S/c22-14-5-6-15-16(10-14)27-11-28(20(15)30)17(18(29)19-26-7-8-31-19)9-12-1-3-13(4-2-12)21(23,24)25/h1-11H/b17-9-. The van der Waals surface area contributed by atoms with Crippen LogP contribution < -0.4 is 5.56 Å². The predicted molar refractivity (Wildman–Crippen MR) is 113 cm³/mol. The van der Waals surface area contributed by atoms with Crippen molar-refractivity contribution in [3.63, 3.8) is 0 Å². The smallest absolute Gasteiger partial charge is 0.284 e. The summed E-state index contributed by atoms with van der Waals surface area (Å²) < 4.78 is 39.6. The van der Waals surface area contributed by atoms with E-state index in [2.05, 4.69) is 9.97 Å². The summed E-state index contributed by atoms with van der Waals surface area (Å²) in [4.78, 5) is 34.3. The van der Waals surface area contributed by atoms with Crippen LogP contribution in [0.4, 0.5) is 13.2 Å². The molecule has 0 spiro atoms. The monoisotopic (exact) mass is 461 g/mol. The Balaban J connectivity index is 1.88. The van der Waals surface area contributed by atoms with Crippen LogP contribution in [0.15, 0.2) is 65.2 Å². The van der Waals surface area contributed by atoms with Gasteiger partial charge in [0.1, 0.15) is 12.0 Å². The molecule has 0 unspecified atom stereocenters. The van der Waals surface area contributed by atoms with Gasteiger partial charge in [0.2, 0.25) is 5.78 Å². The number of hydrogen-bond donors (Lipinski definition) is 0. The Bertz CT molecular complexity index is 1360. The lowest BCUT2D eigenvalue weighted by atomic mass is 10.1. The van der Waals surface area contributed by atoms with Gasteiger partial charge in [0.15, 0.2) is 5.01 Å². The van der Waals surface area contributed by atoms with Gasteiger partial charge in [0, 0.05) is 16.6 Å². The van der Waals surface area contributed by atoms with Gasteiger partial charge in [-0.05, 0) is 42.0 Å². The largest absolute Gasteiger partial charge is 0.416 e. The number of hydrogen-bond acceptors (Lipinski definition) is 5. The lowest BCUT2D eigenvalue weighted by Gasteiger charge is -2.11. The molecule has 0 fully saturated rings. The van der Waals surface area contributed by atoms with Crippen molar-refractivity contribution in [2.75, 3.05) is 0 Å². The summed E-state index contributed by atoms with van der Waals surface area (Å²) in [5, 5.41) is 2.36. The Kier molecular flexibility index (Phi) is 5.47. The number of aromatic nitrogens is 3. The molecule has 2 aromatic heterocycles. The van der Waals surface area contributed by atoms with E-state index in [-0.39, 0.29) is 16.1 Å². The third-order valence-electron chi connectivity index (χ3n) is 4.38. The normalized spacial score (nSPS) is 12.3. The van der Waals surface area contributed by atoms with E-state index in [1.807, 2.05) is 0 Å². The summed E-state index contributed by atoms with van der Waals surface area (Å²) in [6, 6.07) is 8.78. The van der Waals surface area contributed by atoms with Gasteiger partial charge >= 0.3 is 6.18 Å². The Hall–Kier alpha value is -3.30. The number of allylic oxidation sites excluding steroid dienone is 1. The average Bonchev–Trinajstić information content (AvgIpc) is 3.27. The quantitative estimate of drug-likeness (QED) is 0.301. The molecule has 0 saturated carbocycles. The molecule has 156 valence electrons. The molecule has 2 aromatic carbocycles. The summed E-state index contributed by atoms with van der Waals surface area (Å²) in [6.07, 6.45) is -0.531. The van der Waals surface area contributed by atoms with Gasteiger partial charge in [0.05, 0.1) is 16.5 Å². The topological polar surface area (TPSA) is 64.8 Å². The van der Waals surface area contributed by atoms with Crippen molar-refractivity contribution in [3.8, 4) is 0 Å². The minimum Gasteiger partial charge on any atom is -0.284 e. The van der Waals surface area contributed by atoms with E-state index in [1.54, 1.807) is 5.38 Å². The lowest BCUT2D eigenvalue weighted by Crippen LogP contribution is -2.23. The number of ketones is 1. The number of fused-ring (bicyclic) bond motifs is 1. The van der Waals surface area contributed by atoms with Crippen LogP contribution in [0.2, 0.25) is 5.02 Å². The van der Waals surface area contributed by atoms with Gasteiger partial charge in [-0.2, -0.15) is 13.2 Å². The number of benzene rings is 2. The number of Topliss-reactive ketones (excluding diaryl/α,β-unsaturated/α-hetero) is 1. The van der Waals surface area contributed by atoms with E-state index in [4.69, 9.17) is 11.6 Å². The third kappa shape index (κ3) is 4.28. The maximum absolute atomic E-state index is 13.1. The van der Waals surface area contributed by atoms with Crippen LogP contribution in [0.5, 0.6) is 0 Å². The van der Waals surface area contributed by atoms with E-state index < -0.39 is 23.1 Å². The lowest BCUT2D eigenvalue weighted by molar-refractivity contribution is -0.137. The van der Waals surface area contributed by atoms with Gasteiger partial charge < -0.3 is 0 Å². The maximum Gasteiger partial charge on any atom is 0.416 e. The second-order valence-electron chi connectivity index (χ2n) is 6.40. The Labute approximate surface area is 182 Å². The van der Waals surface area contributed by atoms with Gasteiger partial charge in [-0.1, -0.05) is 23.7 Å². The second-order valence-corrected chi connectivity index (χ2v) is 7.73. The van der Waals surface area contributed by atoms with Crippen molar-refractivity contribution >= 4 is 51.4 Å². The minimum absolute atomic E-state index is 0.0935. The minimum atomic E-state index is -4.48. The fraction of sp³-hybridized carbons (Fsp3) is 0.0476. The first-order valence-electron chi connectivity index (χ1n) is 8.74. The van der Waals surface area contributed by atoms with E-state index in [1.165, 1.54) is 48.9 Å². The molecule has 5 nitrogen and oxygen atoms in total. The van der Waals surface area contributed by atoms with Gasteiger partial charge in [-0.3, -0.25) is 14.2 Å². The highest BCUT2D eigenvalue weighted by Crippen LogP contribution is 2.29. The molecule has 0 N–H and O–H groups in total. The van der Waals surface area contributed by atoms with Crippen LogP contribution in [0.1, 0.15) is 20.9 Å². The summed E-state index contributed by atoms with van der Waals surface area (Å²) in [5.41, 5.74) is -0.784. The van der Waals surface area contributed by atoms with Crippen molar-refractivity contribution in [1.82, 2.24) is 14.5 Å². The number of halogens is 4. The van der Waals surface area contributed by atoms with E-state index in [9.17, 15) is 22.8 Å². The van der Waals surface area contributed by atoms with Gasteiger partial charge in [-0.15, -0.1) is 11.3 Å². The van der Waals surface area contributed by atoms with Crippen molar-refractivity contribution in [1.29, 1.82) is 0 Å². The van der Waals surface area contributed by atoms with Crippen LogP contribution >= 0.6 is 22.9 Å². The molecule has 0 amide bonds. The molecule has 0 aliphatic rings. The SMILES string of the molecule is O=C(/C(=C/c1ccc(C(F)(F)F)cc1)n1cnc2cc(Cl)ccc2c1=O)c1nccs1. The first-order chi connectivity index (χ1) is 14.7. The van der Waals surface area contributed by atoms with Crippen LogP contribution in [0, 0.1) is 0 Å². The van der Waals surface area contributed by atoms with E-state index >= 15 is 0 Å². The van der Waals surface area contributed by atoms with Crippen molar-refractivity contribution in [2.45, 2.75) is 6.18 Å². The van der Waals surface area contributed by atoms with Crippen molar-refractivity contribution in [3.05, 3.63) is 91.9 Å². The molecule has 0 saturated heterocycles. The zero-order valence-corrected chi connectivity index (χ0v) is 17.0. The highest BCUT2D eigenvalue weighted by molar-refractivity contribution is 7.12. The zero-order valence-electron chi connectivity index (χ0n) is 15.4. The van der Waals surface area contributed by atoms with Crippen LogP contribution in [-0.2, 0) is 6.18 Å². The maximum atomic E-state index is 13.1. The Morgan fingerprint density at radius 2 is 1.84 bits per heavy atom. The van der Waals surface area contributed by atoms with Gasteiger partial charge in [-0.25, -0.2) is 9.97 Å². The summed E-state index contributed by atoms with van der Waals surface area (Å²) in [6.45, 7) is 0. The summed E-state index contributed by atoms with van der Waals surface area (Å²) in [5.74, 6) is -0.563.